The standard InChI is InChI=1S/C15H10ClN3O/c16-12-8-13(19-15-11(12)6-3-7-18-15)9-4-1-2-5-10(9)14(17)20/h1-8H,(H2,17,20). The lowest BCUT2D eigenvalue weighted by atomic mass is 10.0. The number of rotatable bonds is 2. The second-order valence-corrected chi connectivity index (χ2v) is 4.68. The predicted molar refractivity (Wildman–Crippen MR) is 78.5 cm³/mol. The number of fused-ring (bicyclic) bond motifs is 1. The van der Waals surface area contributed by atoms with E-state index in [4.69, 9.17) is 17.3 Å². The van der Waals surface area contributed by atoms with Crippen LogP contribution < -0.4 is 5.73 Å². The van der Waals surface area contributed by atoms with Crippen LogP contribution in [-0.4, -0.2) is 15.9 Å². The topological polar surface area (TPSA) is 68.9 Å². The zero-order valence-electron chi connectivity index (χ0n) is 10.4. The maximum absolute atomic E-state index is 11.5. The minimum atomic E-state index is -0.500. The van der Waals surface area contributed by atoms with Gasteiger partial charge in [-0.05, 0) is 24.3 Å². The third-order valence-electron chi connectivity index (χ3n) is 3.00. The summed E-state index contributed by atoms with van der Waals surface area (Å²) in [5.41, 5.74) is 7.56. The molecule has 1 aromatic carbocycles. The van der Waals surface area contributed by atoms with Crippen LogP contribution in [-0.2, 0) is 0 Å². The second-order valence-electron chi connectivity index (χ2n) is 4.27. The molecule has 2 N–H and O–H groups in total. The Kier molecular flexibility index (Phi) is 3.08. The van der Waals surface area contributed by atoms with Crippen molar-refractivity contribution in [3.63, 3.8) is 0 Å². The quantitative estimate of drug-likeness (QED) is 0.786. The van der Waals surface area contributed by atoms with Crippen LogP contribution in [0.3, 0.4) is 0 Å². The fourth-order valence-corrected chi connectivity index (χ4v) is 2.33. The molecule has 1 amide bonds. The number of hydrogen-bond acceptors (Lipinski definition) is 3. The maximum atomic E-state index is 11.5. The normalized spacial score (nSPS) is 10.7. The Hall–Kier alpha value is -2.46. The van der Waals surface area contributed by atoms with Crippen molar-refractivity contribution in [2.75, 3.05) is 0 Å². The largest absolute Gasteiger partial charge is 0.366 e. The van der Waals surface area contributed by atoms with E-state index in [1.807, 2.05) is 12.1 Å². The zero-order chi connectivity index (χ0) is 14.1. The summed E-state index contributed by atoms with van der Waals surface area (Å²) in [6.45, 7) is 0. The lowest BCUT2D eigenvalue weighted by molar-refractivity contribution is 0.100. The third-order valence-corrected chi connectivity index (χ3v) is 3.31. The molecule has 2 aromatic heterocycles. The first kappa shape index (κ1) is 12.6. The number of aromatic nitrogens is 2. The van der Waals surface area contributed by atoms with Crippen LogP contribution in [0.4, 0.5) is 0 Å². The molecule has 3 aromatic rings. The second kappa shape index (κ2) is 4.90. The number of carbonyl (C=O) groups excluding carboxylic acids is 1. The van der Waals surface area contributed by atoms with Crippen molar-refractivity contribution < 1.29 is 4.79 Å². The summed E-state index contributed by atoms with van der Waals surface area (Å²) in [7, 11) is 0. The Balaban J connectivity index is 2.28. The molecule has 0 bridgehead atoms. The van der Waals surface area contributed by atoms with Crippen LogP contribution in [0.2, 0.25) is 5.02 Å². The maximum Gasteiger partial charge on any atom is 0.249 e. The van der Waals surface area contributed by atoms with Crippen molar-refractivity contribution in [3.05, 3.63) is 59.2 Å². The van der Waals surface area contributed by atoms with Crippen molar-refractivity contribution in [1.29, 1.82) is 0 Å². The highest BCUT2D eigenvalue weighted by atomic mass is 35.5. The van der Waals surface area contributed by atoms with Gasteiger partial charge in [-0.25, -0.2) is 9.97 Å². The monoisotopic (exact) mass is 283 g/mol. The van der Waals surface area contributed by atoms with Gasteiger partial charge in [-0.2, -0.15) is 0 Å². The Morgan fingerprint density at radius 3 is 2.75 bits per heavy atom. The van der Waals surface area contributed by atoms with Crippen LogP contribution in [0.25, 0.3) is 22.3 Å². The highest BCUT2D eigenvalue weighted by molar-refractivity contribution is 6.35. The van der Waals surface area contributed by atoms with Gasteiger partial charge in [-0.3, -0.25) is 4.79 Å². The van der Waals surface area contributed by atoms with Gasteiger partial charge in [0.1, 0.15) is 0 Å². The van der Waals surface area contributed by atoms with E-state index < -0.39 is 5.91 Å². The highest BCUT2D eigenvalue weighted by Crippen LogP contribution is 2.28. The first-order valence-electron chi connectivity index (χ1n) is 5.97. The molecule has 0 aliphatic carbocycles. The number of benzene rings is 1. The molecule has 3 rings (SSSR count). The molecule has 2 heterocycles. The van der Waals surface area contributed by atoms with Crippen molar-refractivity contribution >= 4 is 28.5 Å². The van der Waals surface area contributed by atoms with Crippen molar-refractivity contribution in [1.82, 2.24) is 9.97 Å². The molecule has 0 saturated carbocycles. The zero-order valence-corrected chi connectivity index (χ0v) is 11.1. The molecule has 0 spiro atoms. The number of primary amides is 1. The number of nitrogens with two attached hydrogens (primary N) is 1. The van der Waals surface area contributed by atoms with E-state index in [0.717, 1.165) is 5.39 Å². The predicted octanol–water partition coefficient (Wildman–Crippen LogP) is 3.05. The SMILES string of the molecule is NC(=O)c1ccccc1-c1cc(Cl)c2cccnc2n1. The summed E-state index contributed by atoms with van der Waals surface area (Å²) in [5, 5.41) is 1.31. The molecule has 0 unspecified atom stereocenters. The van der Waals surface area contributed by atoms with E-state index >= 15 is 0 Å². The van der Waals surface area contributed by atoms with Gasteiger partial charge in [0.05, 0.1) is 10.7 Å². The van der Waals surface area contributed by atoms with E-state index in [9.17, 15) is 4.79 Å². The van der Waals surface area contributed by atoms with Crippen LogP contribution in [0, 0.1) is 0 Å². The van der Waals surface area contributed by atoms with Crippen molar-refractivity contribution in [2.24, 2.45) is 5.73 Å². The first-order valence-corrected chi connectivity index (χ1v) is 6.35. The summed E-state index contributed by atoms with van der Waals surface area (Å²) in [4.78, 5) is 20.1. The molecule has 0 saturated heterocycles. The molecule has 0 aliphatic heterocycles. The van der Waals surface area contributed by atoms with Gasteiger partial charge in [0.2, 0.25) is 5.91 Å². The molecule has 5 heteroatoms. The van der Waals surface area contributed by atoms with Gasteiger partial charge in [-0.15, -0.1) is 0 Å². The van der Waals surface area contributed by atoms with Gasteiger partial charge < -0.3 is 5.73 Å². The van der Waals surface area contributed by atoms with Crippen LogP contribution in [0.5, 0.6) is 0 Å². The van der Waals surface area contributed by atoms with Gasteiger partial charge in [0.25, 0.3) is 0 Å². The molecular formula is C15H10ClN3O. The number of hydrogen-bond donors (Lipinski definition) is 1. The molecule has 0 fully saturated rings. The van der Waals surface area contributed by atoms with E-state index in [-0.39, 0.29) is 0 Å². The molecular weight excluding hydrogens is 274 g/mol. The first-order chi connectivity index (χ1) is 9.66. The van der Waals surface area contributed by atoms with Gasteiger partial charge in [0.15, 0.2) is 5.65 Å². The summed E-state index contributed by atoms with van der Waals surface area (Å²) in [6.07, 6.45) is 1.65. The summed E-state index contributed by atoms with van der Waals surface area (Å²) in [6, 6.07) is 12.4. The van der Waals surface area contributed by atoms with Gasteiger partial charge in [0, 0.05) is 22.7 Å². The Morgan fingerprint density at radius 1 is 1.15 bits per heavy atom. The minimum absolute atomic E-state index is 0.409. The number of pyridine rings is 2. The Labute approximate surface area is 120 Å². The fraction of sp³-hybridized carbons (Fsp3) is 0. The van der Waals surface area contributed by atoms with E-state index in [1.54, 1.807) is 36.5 Å². The highest BCUT2D eigenvalue weighted by Gasteiger charge is 2.12. The van der Waals surface area contributed by atoms with E-state index in [2.05, 4.69) is 9.97 Å². The minimum Gasteiger partial charge on any atom is -0.366 e. The lowest BCUT2D eigenvalue weighted by Gasteiger charge is -2.08. The molecule has 0 atom stereocenters. The average Bonchev–Trinajstić information content (AvgIpc) is 2.47. The molecule has 0 aliphatic rings. The Bertz CT molecular complexity index is 817. The van der Waals surface area contributed by atoms with Crippen LogP contribution >= 0.6 is 11.6 Å². The van der Waals surface area contributed by atoms with E-state index in [1.165, 1.54) is 0 Å². The third kappa shape index (κ3) is 2.10. The lowest BCUT2D eigenvalue weighted by Crippen LogP contribution is -2.12. The number of carbonyl (C=O) groups is 1. The number of nitrogens with zero attached hydrogens (tertiary/aromatic N) is 2. The van der Waals surface area contributed by atoms with Crippen LogP contribution in [0.1, 0.15) is 10.4 Å². The Morgan fingerprint density at radius 2 is 1.95 bits per heavy atom. The van der Waals surface area contributed by atoms with Crippen LogP contribution in [0.15, 0.2) is 48.7 Å². The van der Waals surface area contributed by atoms with E-state index in [0.29, 0.717) is 27.5 Å². The smallest absolute Gasteiger partial charge is 0.249 e. The van der Waals surface area contributed by atoms with Gasteiger partial charge in [-0.1, -0.05) is 29.8 Å². The van der Waals surface area contributed by atoms with Gasteiger partial charge >= 0.3 is 0 Å². The molecule has 20 heavy (non-hydrogen) atoms. The number of amides is 1. The van der Waals surface area contributed by atoms with Crippen molar-refractivity contribution in [2.45, 2.75) is 0 Å². The molecule has 0 radical (unpaired) electrons. The summed E-state index contributed by atoms with van der Waals surface area (Å²) >= 11 is 6.25. The summed E-state index contributed by atoms with van der Waals surface area (Å²) in [5.74, 6) is -0.500. The number of halogens is 1. The molecule has 98 valence electrons. The molecule has 4 nitrogen and oxygen atoms in total. The fourth-order valence-electron chi connectivity index (χ4n) is 2.08. The average molecular weight is 284 g/mol. The van der Waals surface area contributed by atoms with Crippen molar-refractivity contribution in [3.8, 4) is 11.3 Å². The summed E-state index contributed by atoms with van der Waals surface area (Å²) < 4.78 is 0.